The Balaban J connectivity index is 2.62. The first-order valence-electron chi connectivity index (χ1n) is 5.21. The van der Waals surface area contributed by atoms with Gasteiger partial charge in [-0.25, -0.2) is 4.79 Å². The molecule has 7 heteroatoms. The van der Waals surface area contributed by atoms with Gasteiger partial charge in [0, 0.05) is 0 Å². The highest BCUT2D eigenvalue weighted by Crippen LogP contribution is 2.02. The summed E-state index contributed by atoms with van der Waals surface area (Å²) in [6, 6.07) is 5.19. The molecule has 0 saturated heterocycles. The van der Waals surface area contributed by atoms with Crippen LogP contribution in [0.15, 0.2) is 33.9 Å². The Labute approximate surface area is 100 Å². The SMILES string of the molecule is N[C@H](Cn1c(=O)[nH]c2ccccc2c1=O)C(=O)O. The molecule has 0 bridgehead atoms. The minimum Gasteiger partial charge on any atom is -0.480 e. The molecule has 0 unspecified atom stereocenters. The van der Waals surface area contributed by atoms with Gasteiger partial charge in [0.1, 0.15) is 6.04 Å². The number of nitrogens with one attached hydrogen (secondary N) is 1. The number of hydrogen-bond acceptors (Lipinski definition) is 4. The molecule has 1 heterocycles. The van der Waals surface area contributed by atoms with Gasteiger partial charge in [-0.05, 0) is 12.1 Å². The Morgan fingerprint density at radius 3 is 2.72 bits per heavy atom. The average molecular weight is 249 g/mol. The zero-order valence-electron chi connectivity index (χ0n) is 9.29. The van der Waals surface area contributed by atoms with Crippen molar-refractivity contribution in [2.45, 2.75) is 12.6 Å². The summed E-state index contributed by atoms with van der Waals surface area (Å²) in [5, 5.41) is 9.00. The predicted octanol–water partition coefficient (Wildman–Crippen LogP) is -0.898. The molecule has 7 nitrogen and oxygen atoms in total. The number of para-hydroxylation sites is 1. The number of fused-ring (bicyclic) bond motifs is 1. The van der Waals surface area contributed by atoms with Crippen LogP contribution in [0.3, 0.4) is 0 Å². The van der Waals surface area contributed by atoms with E-state index in [0.29, 0.717) is 10.9 Å². The molecule has 1 atom stereocenters. The number of aromatic amines is 1. The van der Waals surface area contributed by atoms with Gasteiger partial charge in [-0.15, -0.1) is 0 Å². The van der Waals surface area contributed by atoms with E-state index in [9.17, 15) is 14.4 Å². The molecule has 0 fully saturated rings. The van der Waals surface area contributed by atoms with E-state index in [1.165, 1.54) is 0 Å². The fourth-order valence-corrected chi connectivity index (χ4v) is 1.64. The number of carboxylic acids is 1. The number of nitrogens with zero attached hydrogens (tertiary/aromatic N) is 1. The van der Waals surface area contributed by atoms with Gasteiger partial charge in [-0.2, -0.15) is 0 Å². The van der Waals surface area contributed by atoms with Crippen molar-refractivity contribution in [1.29, 1.82) is 0 Å². The minimum atomic E-state index is -1.30. The van der Waals surface area contributed by atoms with E-state index in [0.717, 1.165) is 4.57 Å². The molecule has 1 aromatic heterocycles. The van der Waals surface area contributed by atoms with Crippen LogP contribution in [0.2, 0.25) is 0 Å². The highest BCUT2D eigenvalue weighted by Gasteiger charge is 2.15. The van der Waals surface area contributed by atoms with Crippen LogP contribution in [-0.2, 0) is 11.3 Å². The summed E-state index contributed by atoms with van der Waals surface area (Å²) in [5.41, 5.74) is 4.51. The molecule has 0 saturated carbocycles. The Bertz CT molecular complexity index is 716. The van der Waals surface area contributed by atoms with E-state index < -0.39 is 23.3 Å². The first-order chi connectivity index (χ1) is 8.50. The van der Waals surface area contributed by atoms with Crippen LogP contribution in [0.1, 0.15) is 0 Å². The van der Waals surface area contributed by atoms with Gasteiger partial charge in [0.05, 0.1) is 17.4 Å². The van der Waals surface area contributed by atoms with Crippen LogP contribution in [0.5, 0.6) is 0 Å². The maximum absolute atomic E-state index is 12.0. The van der Waals surface area contributed by atoms with Crippen molar-refractivity contribution in [3.63, 3.8) is 0 Å². The maximum Gasteiger partial charge on any atom is 0.328 e. The smallest absolute Gasteiger partial charge is 0.328 e. The van der Waals surface area contributed by atoms with Gasteiger partial charge >= 0.3 is 11.7 Å². The van der Waals surface area contributed by atoms with E-state index in [-0.39, 0.29) is 6.54 Å². The maximum atomic E-state index is 12.0. The molecular formula is C11H11N3O4. The fraction of sp³-hybridized carbons (Fsp3) is 0.182. The Hall–Kier alpha value is -2.41. The predicted molar refractivity (Wildman–Crippen MR) is 64.4 cm³/mol. The molecule has 0 amide bonds. The second kappa shape index (κ2) is 4.46. The quantitative estimate of drug-likeness (QED) is 0.651. The van der Waals surface area contributed by atoms with Crippen LogP contribution in [0.4, 0.5) is 0 Å². The minimum absolute atomic E-state index is 0.315. The Morgan fingerprint density at radius 1 is 1.39 bits per heavy atom. The summed E-state index contributed by atoms with van der Waals surface area (Å²) in [7, 11) is 0. The summed E-state index contributed by atoms with van der Waals surface area (Å²) >= 11 is 0. The van der Waals surface area contributed by atoms with E-state index in [4.69, 9.17) is 10.8 Å². The van der Waals surface area contributed by atoms with Crippen LogP contribution < -0.4 is 17.0 Å². The highest BCUT2D eigenvalue weighted by atomic mass is 16.4. The summed E-state index contributed by atoms with van der Waals surface area (Å²) in [4.78, 5) is 36.8. The van der Waals surface area contributed by atoms with Crippen molar-refractivity contribution < 1.29 is 9.90 Å². The number of hydrogen-bond donors (Lipinski definition) is 3. The first kappa shape index (κ1) is 12.1. The molecular weight excluding hydrogens is 238 g/mol. The molecule has 0 aliphatic rings. The lowest BCUT2D eigenvalue weighted by molar-refractivity contribution is -0.138. The lowest BCUT2D eigenvalue weighted by Crippen LogP contribution is -2.44. The van der Waals surface area contributed by atoms with Crippen molar-refractivity contribution in [3.8, 4) is 0 Å². The number of H-pyrrole nitrogens is 1. The molecule has 0 aliphatic carbocycles. The van der Waals surface area contributed by atoms with Crippen LogP contribution in [0.25, 0.3) is 10.9 Å². The number of rotatable bonds is 3. The lowest BCUT2D eigenvalue weighted by atomic mass is 10.2. The molecule has 94 valence electrons. The number of aliphatic carboxylic acids is 1. The van der Waals surface area contributed by atoms with Gasteiger partial charge < -0.3 is 15.8 Å². The van der Waals surface area contributed by atoms with Crippen LogP contribution >= 0.6 is 0 Å². The number of aromatic nitrogens is 2. The van der Waals surface area contributed by atoms with Crippen LogP contribution in [-0.4, -0.2) is 26.7 Å². The highest BCUT2D eigenvalue weighted by molar-refractivity contribution is 5.77. The third kappa shape index (κ3) is 2.03. The van der Waals surface area contributed by atoms with E-state index in [2.05, 4.69) is 4.98 Å². The molecule has 0 radical (unpaired) electrons. The normalized spacial score (nSPS) is 12.5. The summed E-state index contributed by atoms with van der Waals surface area (Å²) in [6.45, 7) is -0.367. The Morgan fingerprint density at radius 2 is 2.06 bits per heavy atom. The van der Waals surface area contributed by atoms with Gasteiger partial charge in [0.25, 0.3) is 5.56 Å². The molecule has 2 rings (SSSR count). The number of carboxylic acid groups (broad SMARTS) is 1. The van der Waals surface area contributed by atoms with Gasteiger partial charge in [-0.3, -0.25) is 14.2 Å². The number of carbonyl (C=O) groups is 1. The third-order valence-corrected chi connectivity index (χ3v) is 2.59. The molecule has 1 aromatic carbocycles. The molecule has 0 aliphatic heterocycles. The van der Waals surface area contributed by atoms with Crippen molar-refractivity contribution in [3.05, 3.63) is 45.1 Å². The Kier molecular flexibility index (Phi) is 2.99. The first-order valence-corrected chi connectivity index (χ1v) is 5.21. The van der Waals surface area contributed by atoms with Crippen molar-refractivity contribution in [2.24, 2.45) is 5.73 Å². The summed E-state index contributed by atoms with van der Waals surface area (Å²) < 4.78 is 0.793. The lowest BCUT2D eigenvalue weighted by Gasteiger charge is -2.09. The van der Waals surface area contributed by atoms with E-state index in [1.54, 1.807) is 24.3 Å². The summed E-state index contributed by atoms with van der Waals surface area (Å²) in [6.07, 6.45) is 0. The standard InChI is InChI=1S/C11H11N3O4/c12-7(10(16)17)5-14-9(15)6-3-1-2-4-8(6)13-11(14)18/h1-4,7H,5,12H2,(H,13,18)(H,16,17)/t7-/m1/s1. The number of nitrogens with two attached hydrogens (primary N) is 1. The molecule has 4 N–H and O–H groups in total. The zero-order chi connectivity index (χ0) is 13.3. The zero-order valence-corrected chi connectivity index (χ0v) is 9.29. The molecule has 18 heavy (non-hydrogen) atoms. The van der Waals surface area contributed by atoms with Crippen molar-refractivity contribution in [2.75, 3.05) is 0 Å². The van der Waals surface area contributed by atoms with Crippen LogP contribution in [0, 0.1) is 0 Å². The van der Waals surface area contributed by atoms with Gasteiger partial charge in [0.2, 0.25) is 0 Å². The average Bonchev–Trinajstić information content (AvgIpc) is 2.34. The third-order valence-electron chi connectivity index (χ3n) is 2.59. The second-order valence-electron chi connectivity index (χ2n) is 3.84. The van der Waals surface area contributed by atoms with E-state index in [1.807, 2.05) is 0 Å². The topological polar surface area (TPSA) is 118 Å². The molecule has 2 aromatic rings. The van der Waals surface area contributed by atoms with Crippen molar-refractivity contribution >= 4 is 16.9 Å². The fourth-order valence-electron chi connectivity index (χ4n) is 1.64. The van der Waals surface area contributed by atoms with Crippen molar-refractivity contribution in [1.82, 2.24) is 9.55 Å². The number of benzene rings is 1. The van der Waals surface area contributed by atoms with E-state index >= 15 is 0 Å². The van der Waals surface area contributed by atoms with Gasteiger partial charge in [0.15, 0.2) is 0 Å². The molecule has 0 spiro atoms. The summed E-state index contributed by atoms with van der Waals surface area (Å²) in [5.74, 6) is -1.27. The largest absolute Gasteiger partial charge is 0.480 e. The second-order valence-corrected chi connectivity index (χ2v) is 3.84. The van der Waals surface area contributed by atoms with Gasteiger partial charge in [-0.1, -0.05) is 12.1 Å². The monoisotopic (exact) mass is 249 g/mol.